The molecular weight excluding hydrogens is 531 g/mol. The van der Waals surface area contributed by atoms with Gasteiger partial charge in [-0.15, -0.1) is 0 Å². The number of hydrogen-bond donors (Lipinski definition) is 0. The molecular formula is C38H27N3S. The number of hydrogen-bond acceptors (Lipinski definition) is 4. The highest BCUT2D eigenvalue weighted by molar-refractivity contribution is 7.19. The van der Waals surface area contributed by atoms with Gasteiger partial charge in [-0.3, -0.25) is 0 Å². The maximum Gasteiger partial charge on any atom is 0.129 e. The number of para-hydroxylation sites is 2. The van der Waals surface area contributed by atoms with E-state index in [-0.39, 0.29) is 0 Å². The fraction of sp³-hybridized carbons (Fsp3) is 0. The lowest BCUT2D eigenvalue weighted by Gasteiger charge is -2.24. The Morgan fingerprint density at radius 2 is 0.810 bits per heavy atom. The van der Waals surface area contributed by atoms with E-state index in [1.165, 1.54) is 0 Å². The molecule has 0 aliphatic rings. The minimum Gasteiger partial charge on any atom is -0.300 e. The van der Waals surface area contributed by atoms with E-state index < -0.39 is 0 Å². The van der Waals surface area contributed by atoms with Gasteiger partial charge in [0.25, 0.3) is 0 Å². The van der Waals surface area contributed by atoms with E-state index in [4.69, 9.17) is 9.97 Å². The Morgan fingerprint density at radius 1 is 0.405 bits per heavy atom. The highest BCUT2D eigenvalue weighted by atomic mass is 32.1. The fourth-order valence-corrected chi connectivity index (χ4v) is 6.19. The van der Waals surface area contributed by atoms with Gasteiger partial charge in [-0.05, 0) is 36.4 Å². The van der Waals surface area contributed by atoms with Crippen LogP contribution in [0.2, 0.25) is 0 Å². The van der Waals surface area contributed by atoms with E-state index in [0.29, 0.717) is 0 Å². The zero-order chi connectivity index (χ0) is 28.1. The van der Waals surface area contributed by atoms with Crippen LogP contribution in [-0.4, -0.2) is 9.97 Å². The molecule has 7 rings (SSSR count). The Morgan fingerprint density at radius 3 is 1.26 bits per heavy atom. The molecule has 0 bridgehead atoms. The molecule has 0 N–H and O–H groups in total. The third-order valence-corrected chi connectivity index (χ3v) is 8.19. The Labute approximate surface area is 250 Å². The van der Waals surface area contributed by atoms with E-state index >= 15 is 0 Å². The Kier molecular flexibility index (Phi) is 7.11. The summed E-state index contributed by atoms with van der Waals surface area (Å²) in [5, 5.41) is 2.01. The number of benzene rings is 5. The molecule has 0 atom stereocenters. The summed E-state index contributed by atoms with van der Waals surface area (Å²) in [4.78, 5) is 12.7. The van der Waals surface area contributed by atoms with Crippen molar-refractivity contribution in [2.75, 3.05) is 4.90 Å². The maximum absolute atomic E-state index is 5.34. The van der Waals surface area contributed by atoms with Gasteiger partial charge in [-0.2, -0.15) is 0 Å². The lowest BCUT2D eigenvalue weighted by Crippen LogP contribution is -2.09. The van der Waals surface area contributed by atoms with E-state index in [1.54, 1.807) is 11.3 Å². The molecule has 0 amide bonds. The van der Waals surface area contributed by atoms with Gasteiger partial charge in [0.15, 0.2) is 0 Å². The first kappa shape index (κ1) is 25.6. The molecule has 0 fully saturated rings. The molecule has 3 nitrogen and oxygen atoms in total. The predicted molar refractivity (Wildman–Crippen MR) is 176 cm³/mol. The molecule has 0 saturated heterocycles. The topological polar surface area (TPSA) is 29.0 Å². The molecule has 200 valence electrons. The van der Waals surface area contributed by atoms with Crippen molar-refractivity contribution in [3.8, 4) is 44.3 Å². The van der Waals surface area contributed by atoms with Crippen LogP contribution in [-0.2, 0) is 0 Å². The Hall–Kier alpha value is -5.32. The second kappa shape index (κ2) is 11.7. The third-order valence-electron chi connectivity index (χ3n) is 7.10. The summed E-state index contributed by atoms with van der Waals surface area (Å²) >= 11 is 1.70. The van der Waals surface area contributed by atoms with Crippen LogP contribution in [0.25, 0.3) is 44.3 Å². The quantitative estimate of drug-likeness (QED) is 0.195. The maximum atomic E-state index is 5.34. The number of anilines is 3. The normalized spacial score (nSPS) is 10.9. The van der Waals surface area contributed by atoms with Crippen LogP contribution >= 0.6 is 11.3 Å². The van der Waals surface area contributed by atoms with Crippen LogP contribution in [0, 0.1) is 0 Å². The second-order valence-electron chi connectivity index (χ2n) is 9.90. The third kappa shape index (κ3) is 5.24. The molecule has 0 unspecified atom stereocenters. The first-order valence-corrected chi connectivity index (χ1v) is 14.7. The SMILES string of the molecule is c1ccc(-c2cc(-c3nc(-c4ccccc4)c(N(c4ccccc4)c4ccccc4)s3)cc(-c3ccccc3)n2)cc1. The van der Waals surface area contributed by atoms with Crippen molar-refractivity contribution in [1.82, 2.24) is 9.97 Å². The molecule has 2 aromatic heterocycles. The van der Waals surface area contributed by atoms with Crippen molar-refractivity contribution in [1.29, 1.82) is 0 Å². The average Bonchev–Trinajstić information content (AvgIpc) is 3.52. The smallest absolute Gasteiger partial charge is 0.129 e. The summed E-state index contributed by atoms with van der Waals surface area (Å²) < 4.78 is 0. The van der Waals surface area contributed by atoms with E-state index in [0.717, 1.165) is 60.7 Å². The summed E-state index contributed by atoms with van der Waals surface area (Å²) in [6.45, 7) is 0. The summed E-state index contributed by atoms with van der Waals surface area (Å²) in [6.07, 6.45) is 0. The number of pyridine rings is 1. The van der Waals surface area contributed by atoms with E-state index in [2.05, 4.69) is 150 Å². The zero-order valence-electron chi connectivity index (χ0n) is 22.8. The number of rotatable bonds is 7. The van der Waals surface area contributed by atoms with Crippen LogP contribution in [0.4, 0.5) is 16.4 Å². The van der Waals surface area contributed by atoms with Gasteiger partial charge < -0.3 is 4.90 Å². The highest BCUT2D eigenvalue weighted by Crippen LogP contribution is 2.47. The van der Waals surface area contributed by atoms with Gasteiger partial charge in [0.2, 0.25) is 0 Å². The fourth-order valence-electron chi connectivity index (χ4n) is 5.08. The van der Waals surface area contributed by atoms with E-state index in [9.17, 15) is 0 Å². The van der Waals surface area contributed by atoms with Gasteiger partial charge in [0.1, 0.15) is 15.7 Å². The van der Waals surface area contributed by atoms with Crippen LogP contribution in [0.1, 0.15) is 0 Å². The van der Waals surface area contributed by atoms with Gasteiger partial charge in [0.05, 0.1) is 11.4 Å². The zero-order valence-corrected chi connectivity index (χ0v) is 23.7. The molecule has 4 heteroatoms. The van der Waals surface area contributed by atoms with Crippen LogP contribution in [0.3, 0.4) is 0 Å². The Balaban J connectivity index is 1.46. The average molecular weight is 558 g/mol. The molecule has 0 aliphatic carbocycles. The molecule has 0 aliphatic heterocycles. The van der Waals surface area contributed by atoms with Gasteiger partial charge in [-0.1, -0.05) is 139 Å². The minimum absolute atomic E-state index is 0.924. The first-order valence-electron chi connectivity index (χ1n) is 13.9. The number of thiazole rings is 1. The molecule has 0 saturated carbocycles. The molecule has 7 aromatic rings. The van der Waals surface area contributed by atoms with Gasteiger partial charge in [0, 0.05) is 33.6 Å². The molecule has 0 radical (unpaired) electrons. The van der Waals surface area contributed by atoms with Crippen molar-refractivity contribution in [2.45, 2.75) is 0 Å². The molecule has 0 spiro atoms. The summed E-state index contributed by atoms with van der Waals surface area (Å²) in [7, 11) is 0. The summed E-state index contributed by atoms with van der Waals surface area (Å²) in [6, 6.07) is 56.5. The van der Waals surface area contributed by atoms with Crippen LogP contribution in [0.15, 0.2) is 164 Å². The lowest BCUT2D eigenvalue weighted by molar-refractivity contribution is 1.29. The first-order chi connectivity index (χ1) is 20.8. The molecule has 42 heavy (non-hydrogen) atoms. The number of nitrogens with zero attached hydrogens (tertiary/aromatic N) is 3. The van der Waals surface area contributed by atoms with Gasteiger partial charge >= 0.3 is 0 Å². The molecule has 5 aromatic carbocycles. The summed E-state index contributed by atoms with van der Waals surface area (Å²) in [5.74, 6) is 0. The Bertz CT molecular complexity index is 1810. The number of aromatic nitrogens is 2. The van der Waals surface area contributed by atoms with Crippen molar-refractivity contribution >= 4 is 27.7 Å². The second-order valence-corrected chi connectivity index (χ2v) is 10.9. The van der Waals surface area contributed by atoms with E-state index in [1.807, 2.05) is 18.2 Å². The predicted octanol–water partition coefficient (Wildman–Crippen LogP) is 10.7. The summed E-state index contributed by atoms with van der Waals surface area (Å²) in [5.41, 5.74) is 9.23. The van der Waals surface area contributed by atoms with Gasteiger partial charge in [-0.25, -0.2) is 9.97 Å². The monoisotopic (exact) mass is 557 g/mol. The van der Waals surface area contributed by atoms with Crippen LogP contribution < -0.4 is 4.90 Å². The minimum atomic E-state index is 0.924. The van der Waals surface area contributed by atoms with Crippen molar-refractivity contribution < 1.29 is 0 Å². The highest BCUT2D eigenvalue weighted by Gasteiger charge is 2.23. The standard InChI is InChI=1S/C38H27N3S/c1-6-16-28(17-7-1)34-26-31(27-35(39-34)29-18-8-2-9-19-29)37-40-36(30-20-10-3-11-21-30)38(42-37)41(32-22-12-4-13-23-32)33-24-14-5-15-25-33/h1-27H. The van der Waals surface area contributed by atoms with Crippen molar-refractivity contribution in [3.05, 3.63) is 164 Å². The molecule has 2 heterocycles. The largest absolute Gasteiger partial charge is 0.300 e. The lowest BCUT2D eigenvalue weighted by atomic mass is 10.0. The van der Waals surface area contributed by atoms with Crippen LogP contribution in [0.5, 0.6) is 0 Å². The van der Waals surface area contributed by atoms with Crippen molar-refractivity contribution in [2.24, 2.45) is 0 Å². The van der Waals surface area contributed by atoms with Crippen molar-refractivity contribution in [3.63, 3.8) is 0 Å².